The number of rotatable bonds is 3. The van der Waals surface area contributed by atoms with Gasteiger partial charge < -0.3 is 10.4 Å². The number of aliphatic hydroxyl groups excluding tert-OH is 1. The van der Waals surface area contributed by atoms with Crippen LogP contribution >= 0.6 is 22.9 Å². The van der Waals surface area contributed by atoms with Gasteiger partial charge in [0.25, 0.3) is 5.91 Å². The predicted molar refractivity (Wildman–Crippen MR) is 84.8 cm³/mol. The van der Waals surface area contributed by atoms with E-state index in [9.17, 15) is 4.79 Å². The maximum atomic E-state index is 12.1. The van der Waals surface area contributed by atoms with Gasteiger partial charge >= 0.3 is 0 Å². The number of aromatic nitrogens is 1. The van der Waals surface area contributed by atoms with E-state index in [-0.39, 0.29) is 12.5 Å². The summed E-state index contributed by atoms with van der Waals surface area (Å²) in [6, 6.07) is 5.13. The van der Waals surface area contributed by atoms with Crippen molar-refractivity contribution in [2.75, 3.05) is 11.9 Å². The summed E-state index contributed by atoms with van der Waals surface area (Å²) in [5.74, 6) is 5.41. The zero-order chi connectivity index (χ0) is 15.2. The Kier molecular flexibility index (Phi) is 5.34. The molecule has 1 amide bonds. The highest BCUT2D eigenvalue weighted by atomic mass is 35.5. The van der Waals surface area contributed by atoms with E-state index in [1.165, 1.54) is 11.3 Å². The number of halogens is 1. The van der Waals surface area contributed by atoms with Gasteiger partial charge in [0.05, 0.1) is 22.3 Å². The molecule has 2 N–H and O–H groups in total. The SMILES string of the molecule is Cc1nc(C(=O)Nc2cc(C#CCCO)ccc2Cl)cs1. The van der Waals surface area contributed by atoms with Crippen LogP contribution in [0.5, 0.6) is 0 Å². The van der Waals surface area contributed by atoms with Crippen LogP contribution < -0.4 is 5.32 Å². The van der Waals surface area contributed by atoms with E-state index in [0.717, 1.165) is 10.6 Å². The first-order valence-electron chi connectivity index (χ1n) is 6.23. The third kappa shape index (κ3) is 4.30. The van der Waals surface area contributed by atoms with Gasteiger partial charge in [-0.3, -0.25) is 4.79 Å². The van der Waals surface area contributed by atoms with Gasteiger partial charge in [-0.1, -0.05) is 23.4 Å². The number of carbonyl (C=O) groups excluding carboxylic acids is 1. The first kappa shape index (κ1) is 15.5. The molecular formula is C15H13ClN2O2S. The van der Waals surface area contributed by atoms with Gasteiger partial charge in [-0.05, 0) is 25.1 Å². The molecule has 108 valence electrons. The molecule has 0 atom stereocenters. The number of nitrogens with one attached hydrogen (secondary N) is 1. The highest BCUT2D eigenvalue weighted by Gasteiger charge is 2.11. The lowest BCUT2D eigenvalue weighted by Gasteiger charge is -2.06. The summed E-state index contributed by atoms with van der Waals surface area (Å²) in [7, 11) is 0. The summed E-state index contributed by atoms with van der Waals surface area (Å²) in [5.41, 5.74) is 1.58. The molecule has 0 unspecified atom stereocenters. The molecule has 0 saturated heterocycles. The van der Waals surface area contributed by atoms with Crippen LogP contribution in [0.2, 0.25) is 5.02 Å². The molecule has 0 aliphatic heterocycles. The number of hydrogen-bond acceptors (Lipinski definition) is 4. The second-order valence-corrected chi connectivity index (χ2v) is 5.65. The molecule has 1 heterocycles. The molecule has 4 nitrogen and oxygen atoms in total. The minimum absolute atomic E-state index is 0.0212. The molecule has 21 heavy (non-hydrogen) atoms. The fraction of sp³-hybridized carbons (Fsp3) is 0.200. The van der Waals surface area contributed by atoms with Gasteiger partial charge in [-0.15, -0.1) is 11.3 Å². The molecular weight excluding hydrogens is 308 g/mol. The van der Waals surface area contributed by atoms with Gasteiger partial charge in [0.1, 0.15) is 5.69 Å². The maximum absolute atomic E-state index is 12.1. The quantitative estimate of drug-likeness (QED) is 0.854. The first-order chi connectivity index (χ1) is 10.1. The Morgan fingerprint density at radius 2 is 2.33 bits per heavy atom. The van der Waals surface area contributed by atoms with Crippen LogP contribution in [0.4, 0.5) is 5.69 Å². The summed E-state index contributed by atoms with van der Waals surface area (Å²) >= 11 is 7.49. The standard InChI is InChI=1S/C15H13ClN2O2S/c1-10-17-14(9-21-10)15(20)18-13-8-11(4-2-3-7-19)5-6-12(13)16/h5-6,8-9,19H,3,7H2,1H3,(H,18,20). The predicted octanol–water partition coefficient (Wildman–Crippen LogP) is 3.09. The van der Waals surface area contributed by atoms with Crippen LogP contribution in [0, 0.1) is 18.8 Å². The Bertz CT molecular complexity index is 716. The fourth-order valence-electron chi connectivity index (χ4n) is 1.57. The summed E-state index contributed by atoms with van der Waals surface area (Å²) < 4.78 is 0. The third-order valence-electron chi connectivity index (χ3n) is 2.54. The molecule has 0 saturated carbocycles. The summed E-state index contributed by atoms with van der Waals surface area (Å²) in [6.07, 6.45) is 0.405. The molecule has 0 bridgehead atoms. The average molecular weight is 321 g/mol. The lowest BCUT2D eigenvalue weighted by molar-refractivity contribution is 0.102. The Hall–Kier alpha value is -1.87. The molecule has 1 aromatic carbocycles. The van der Waals surface area contributed by atoms with Gasteiger partial charge in [-0.25, -0.2) is 4.98 Å². The van der Waals surface area contributed by atoms with Crippen molar-refractivity contribution in [1.29, 1.82) is 0 Å². The first-order valence-corrected chi connectivity index (χ1v) is 7.48. The van der Waals surface area contributed by atoms with E-state index >= 15 is 0 Å². The number of hydrogen-bond donors (Lipinski definition) is 2. The van der Waals surface area contributed by atoms with Crippen molar-refractivity contribution in [3.8, 4) is 11.8 Å². The summed E-state index contributed by atoms with van der Waals surface area (Å²) in [5, 5.41) is 14.4. The molecule has 2 rings (SSSR count). The van der Waals surface area contributed by atoms with Crippen LogP contribution in [-0.2, 0) is 0 Å². The molecule has 0 aliphatic carbocycles. The van der Waals surface area contributed by atoms with E-state index in [2.05, 4.69) is 22.1 Å². The number of aryl methyl sites for hydroxylation is 1. The van der Waals surface area contributed by atoms with E-state index in [4.69, 9.17) is 16.7 Å². The van der Waals surface area contributed by atoms with Gasteiger partial charge in [0.15, 0.2) is 0 Å². The lowest BCUT2D eigenvalue weighted by Crippen LogP contribution is -2.12. The van der Waals surface area contributed by atoms with Crippen molar-refractivity contribution in [3.63, 3.8) is 0 Å². The largest absolute Gasteiger partial charge is 0.395 e. The number of benzene rings is 1. The second kappa shape index (κ2) is 7.23. The van der Waals surface area contributed by atoms with Crippen LogP contribution in [0.25, 0.3) is 0 Å². The molecule has 6 heteroatoms. The molecule has 2 aromatic rings. The second-order valence-electron chi connectivity index (χ2n) is 4.18. The smallest absolute Gasteiger partial charge is 0.275 e. The maximum Gasteiger partial charge on any atom is 0.275 e. The Morgan fingerprint density at radius 3 is 3.00 bits per heavy atom. The van der Waals surface area contributed by atoms with Crippen molar-refractivity contribution in [1.82, 2.24) is 4.98 Å². The molecule has 0 aliphatic rings. The normalized spacial score (nSPS) is 9.86. The number of nitrogens with zero attached hydrogens (tertiary/aromatic N) is 1. The third-order valence-corrected chi connectivity index (χ3v) is 3.64. The number of carbonyl (C=O) groups is 1. The van der Waals surface area contributed by atoms with Crippen LogP contribution in [0.3, 0.4) is 0 Å². The van der Waals surface area contributed by atoms with Crippen LogP contribution in [0.15, 0.2) is 23.6 Å². The van der Waals surface area contributed by atoms with Crippen LogP contribution in [0.1, 0.15) is 27.5 Å². The monoisotopic (exact) mass is 320 g/mol. The van der Waals surface area contributed by atoms with E-state index in [1.54, 1.807) is 23.6 Å². The Labute approximate surface area is 131 Å². The van der Waals surface area contributed by atoms with Crippen molar-refractivity contribution in [3.05, 3.63) is 44.9 Å². The lowest BCUT2D eigenvalue weighted by atomic mass is 10.2. The average Bonchev–Trinajstić information content (AvgIpc) is 2.89. The van der Waals surface area contributed by atoms with Crippen LogP contribution in [-0.4, -0.2) is 22.6 Å². The zero-order valence-corrected chi connectivity index (χ0v) is 12.9. The van der Waals surface area contributed by atoms with Gasteiger partial charge in [0, 0.05) is 17.4 Å². The number of thiazole rings is 1. The number of aliphatic hydroxyl groups is 1. The highest BCUT2D eigenvalue weighted by molar-refractivity contribution is 7.09. The minimum Gasteiger partial charge on any atom is -0.395 e. The van der Waals surface area contributed by atoms with Crippen molar-refractivity contribution < 1.29 is 9.90 Å². The Morgan fingerprint density at radius 1 is 1.52 bits per heavy atom. The van der Waals surface area contributed by atoms with Gasteiger partial charge in [-0.2, -0.15) is 0 Å². The fourth-order valence-corrected chi connectivity index (χ4v) is 2.33. The molecule has 1 aromatic heterocycles. The summed E-state index contributed by atoms with van der Waals surface area (Å²) in [6.45, 7) is 1.86. The topological polar surface area (TPSA) is 62.2 Å². The summed E-state index contributed by atoms with van der Waals surface area (Å²) in [4.78, 5) is 16.2. The number of amides is 1. The van der Waals surface area contributed by atoms with Crippen molar-refractivity contribution in [2.45, 2.75) is 13.3 Å². The van der Waals surface area contributed by atoms with E-state index in [1.807, 2.05) is 6.92 Å². The van der Waals surface area contributed by atoms with E-state index in [0.29, 0.717) is 22.8 Å². The highest BCUT2D eigenvalue weighted by Crippen LogP contribution is 2.23. The molecule has 0 spiro atoms. The zero-order valence-electron chi connectivity index (χ0n) is 11.3. The minimum atomic E-state index is -0.304. The Balaban J connectivity index is 2.17. The van der Waals surface area contributed by atoms with Crippen molar-refractivity contribution >= 4 is 34.5 Å². The number of anilines is 1. The van der Waals surface area contributed by atoms with Gasteiger partial charge in [0.2, 0.25) is 0 Å². The molecule has 0 fully saturated rings. The molecule has 0 radical (unpaired) electrons. The van der Waals surface area contributed by atoms with E-state index < -0.39 is 0 Å². The van der Waals surface area contributed by atoms with Crippen molar-refractivity contribution in [2.24, 2.45) is 0 Å².